The van der Waals surface area contributed by atoms with Gasteiger partial charge < -0.3 is 14.5 Å². The summed E-state index contributed by atoms with van der Waals surface area (Å²) in [6.45, 7) is 1.33. The summed E-state index contributed by atoms with van der Waals surface area (Å²) in [4.78, 5) is 28.5. The highest BCUT2D eigenvalue weighted by atomic mass is 35.5. The molecule has 0 bridgehead atoms. The van der Waals surface area contributed by atoms with Gasteiger partial charge in [0.1, 0.15) is 5.82 Å². The molecule has 0 atom stereocenters. The van der Waals surface area contributed by atoms with Gasteiger partial charge in [0.25, 0.3) is 11.8 Å². The lowest BCUT2D eigenvalue weighted by Crippen LogP contribution is -2.50. The average Bonchev–Trinajstić information content (AvgIpc) is 2.67. The molecule has 2 amide bonds. The molecule has 28 heavy (non-hydrogen) atoms. The summed E-state index contributed by atoms with van der Waals surface area (Å²) >= 11 is 18.2. The molecule has 1 heterocycles. The van der Waals surface area contributed by atoms with Crippen LogP contribution < -0.4 is 4.74 Å². The molecular formula is C19H16Cl3FN2O3. The van der Waals surface area contributed by atoms with Crippen LogP contribution in [-0.4, -0.2) is 54.9 Å². The standard InChI is InChI=1S/C19H16Cl3FN2O3/c1-28-17-15(21)8-11(9-16(17)22)18(26)24-4-6-25(7-5-24)19(27)13-3-2-12(23)10-14(13)20/h2-3,8-10H,4-7H2,1H3. The smallest absolute Gasteiger partial charge is 0.255 e. The van der Waals surface area contributed by atoms with E-state index in [1.165, 1.54) is 31.4 Å². The van der Waals surface area contributed by atoms with Crippen LogP contribution >= 0.6 is 34.8 Å². The fourth-order valence-corrected chi connectivity index (χ4v) is 3.90. The molecule has 0 aromatic heterocycles. The first-order valence-corrected chi connectivity index (χ1v) is 9.52. The van der Waals surface area contributed by atoms with Gasteiger partial charge in [-0.2, -0.15) is 0 Å². The molecule has 0 spiro atoms. The van der Waals surface area contributed by atoms with E-state index in [2.05, 4.69) is 0 Å². The Kier molecular flexibility index (Phi) is 6.33. The maximum Gasteiger partial charge on any atom is 0.255 e. The van der Waals surface area contributed by atoms with Gasteiger partial charge >= 0.3 is 0 Å². The molecule has 0 aliphatic carbocycles. The first-order chi connectivity index (χ1) is 13.3. The van der Waals surface area contributed by atoms with Crippen LogP contribution in [0.2, 0.25) is 15.1 Å². The van der Waals surface area contributed by atoms with Crippen molar-refractivity contribution in [3.05, 3.63) is 62.3 Å². The summed E-state index contributed by atoms with van der Waals surface area (Å²) < 4.78 is 18.3. The molecule has 0 unspecified atom stereocenters. The minimum atomic E-state index is -0.506. The second-order valence-electron chi connectivity index (χ2n) is 6.18. The third kappa shape index (κ3) is 4.19. The summed E-state index contributed by atoms with van der Waals surface area (Å²) in [6.07, 6.45) is 0. The van der Waals surface area contributed by atoms with E-state index in [9.17, 15) is 14.0 Å². The van der Waals surface area contributed by atoms with E-state index in [0.29, 0.717) is 37.5 Å². The Hall–Kier alpha value is -2.02. The highest BCUT2D eigenvalue weighted by Gasteiger charge is 2.27. The normalized spacial score (nSPS) is 14.2. The van der Waals surface area contributed by atoms with Crippen molar-refractivity contribution in [2.24, 2.45) is 0 Å². The molecule has 1 saturated heterocycles. The number of carbonyl (C=O) groups is 2. The summed E-state index contributed by atoms with van der Waals surface area (Å²) in [5.74, 6) is -0.730. The van der Waals surface area contributed by atoms with E-state index in [0.717, 1.165) is 6.07 Å². The molecule has 0 N–H and O–H groups in total. The summed E-state index contributed by atoms with van der Waals surface area (Å²) in [5.41, 5.74) is 0.578. The average molecular weight is 446 g/mol. The molecule has 9 heteroatoms. The molecule has 2 aromatic carbocycles. The molecule has 148 valence electrons. The Morgan fingerprint density at radius 1 is 0.893 bits per heavy atom. The van der Waals surface area contributed by atoms with E-state index in [1.807, 2.05) is 0 Å². The molecule has 1 aliphatic rings. The molecule has 1 fully saturated rings. The first-order valence-electron chi connectivity index (χ1n) is 8.38. The van der Waals surface area contributed by atoms with Crippen molar-refractivity contribution in [2.45, 2.75) is 0 Å². The first kappa shape index (κ1) is 20.7. The highest BCUT2D eigenvalue weighted by molar-refractivity contribution is 6.37. The second kappa shape index (κ2) is 8.55. The molecule has 0 saturated carbocycles. The maximum atomic E-state index is 13.2. The number of methoxy groups -OCH3 is 1. The van der Waals surface area contributed by atoms with Crippen molar-refractivity contribution in [3.63, 3.8) is 0 Å². The number of benzene rings is 2. The van der Waals surface area contributed by atoms with E-state index in [4.69, 9.17) is 39.5 Å². The Morgan fingerprint density at radius 3 is 1.93 bits per heavy atom. The predicted octanol–water partition coefficient (Wildman–Crippen LogP) is 4.39. The third-order valence-electron chi connectivity index (χ3n) is 4.46. The van der Waals surface area contributed by atoms with Crippen LogP contribution in [0, 0.1) is 5.82 Å². The second-order valence-corrected chi connectivity index (χ2v) is 7.40. The van der Waals surface area contributed by atoms with Crippen molar-refractivity contribution in [2.75, 3.05) is 33.3 Å². The van der Waals surface area contributed by atoms with Crippen LogP contribution in [0.5, 0.6) is 5.75 Å². The van der Waals surface area contributed by atoms with Crippen molar-refractivity contribution in [1.82, 2.24) is 9.80 Å². The van der Waals surface area contributed by atoms with Crippen molar-refractivity contribution < 1.29 is 18.7 Å². The number of rotatable bonds is 3. The zero-order valence-electron chi connectivity index (χ0n) is 14.8. The SMILES string of the molecule is COc1c(Cl)cc(C(=O)N2CCN(C(=O)c3ccc(F)cc3Cl)CC2)cc1Cl. The fourth-order valence-electron chi connectivity index (χ4n) is 3.01. The minimum Gasteiger partial charge on any atom is -0.494 e. The number of halogens is 4. The van der Waals surface area contributed by atoms with E-state index >= 15 is 0 Å². The molecule has 3 rings (SSSR count). The van der Waals surface area contributed by atoms with Gasteiger partial charge in [0, 0.05) is 31.7 Å². The third-order valence-corrected chi connectivity index (χ3v) is 5.34. The molecule has 1 aliphatic heterocycles. The zero-order valence-corrected chi connectivity index (χ0v) is 17.1. The minimum absolute atomic E-state index is 0.0611. The van der Waals surface area contributed by atoms with Crippen molar-refractivity contribution >= 4 is 46.6 Å². The van der Waals surface area contributed by atoms with Gasteiger partial charge in [-0.15, -0.1) is 0 Å². The van der Waals surface area contributed by atoms with Gasteiger partial charge in [-0.3, -0.25) is 9.59 Å². The predicted molar refractivity (Wildman–Crippen MR) is 106 cm³/mol. The summed E-state index contributed by atoms with van der Waals surface area (Å²) in [6, 6.07) is 6.66. The fraction of sp³-hybridized carbons (Fsp3) is 0.263. The maximum absolute atomic E-state index is 13.2. The van der Waals surface area contributed by atoms with Gasteiger partial charge in [0.15, 0.2) is 5.75 Å². The van der Waals surface area contributed by atoms with Gasteiger partial charge in [-0.1, -0.05) is 34.8 Å². The lowest BCUT2D eigenvalue weighted by atomic mass is 10.1. The monoisotopic (exact) mass is 444 g/mol. The number of amides is 2. The van der Waals surface area contributed by atoms with Crippen molar-refractivity contribution in [1.29, 1.82) is 0 Å². The Balaban J connectivity index is 1.68. The summed E-state index contributed by atoms with van der Waals surface area (Å²) in [5, 5.41) is 0.558. The van der Waals surface area contributed by atoms with Crippen molar-refractivity contribution in [3.8, 4) is 5.75 Å². The van der Waals surface area contributed by atoms with Gasteiger partial charge in [0.2, 0.25) is 0 Å². The van der Waals surface area contributed by atoms with Gasteiger partial charge in [-0.25, -0.2) is 4.39 Å². The number of ether oxygens (including phenoxy) is 1. The molecule has 5 nitrogen and oxygen atoms in total. The van der Waals surface area contributed by atoms with Gasteiger partial charge in [-0.05, 0) is 30.3 Å². The number of carbonyl (C=O) groups excluding carboxylic acids is 2. The Morgan fingerprint density at radius 2 is 1.43 bits per heavy atom. The topological polar surface area (TPSA) is 49.9 Å². The van der Waals surface area contributed by atoms with Crippen LogP contribution in [0.4, 0.5) is 4.39 Å². The summed E-state index contributed by atoms with van der Waals surface area (Å²) in [7, 11) is 1.44. The largest absolute Gasteiger partial charge is 0.494 e. The lowest BCUT2D eigenvalue weighted by molar-refractivity contribution is 0.0535. The van der Waals surface area contributed by atoms with Crippen LogP contribution in [0.3, 0.4) is 0 Å². The van der Waals surface area contributed by atoms with Crippen LogP contribution in [0.15, 0.2) is 30.3 Å². The lowest BCUT2D eigenvalue weighted by Gasteiger charge is -2.35. The highest BCUT2D eigenvalue weighted by Crippen LogP contribution is 2.34. The zero-order chi connectivity index (χ0) is 20.4. The number of hydrogen-bond donors (Lipinski definition) is 0. The quantitative estimate of drug-likeness (QED) is 0.704. The molecule has 0 radical (unpaired) electrons. The molecule has 2 aromatic rings. The van der Waals surface area contributed by atoms with Crippen LogP contribution in [0.1, 0.15) is 20.7 Å². The Bertz CT molecular complexity index is 908. The van der Waals surface area contributed by atoms with Gasteiger partial charge in [0.05, 0.1) is 27.7 Å². The van der Waals surface area contributed by atoms with E-state index < -0.39 is 5.82 Å². The number of piperazine rings is 1. The van der Waals surface area contributed by atoms with E-state index in [1.54, 1.807) is 9.80 Å². The van der Waals surface area contributed by atoms with E-state index in [-0.39, 0.29) is 32.4 Å². The number of nitrogens with zero attached hydrogens (tertiary/aromatic N) is 2. The van der Waals surface area contributed by atoms with Crippen LogP contribution in [-0.2, 0) is 0 Å². The van der Waals surface area contributed by atoms with Crippen LogP contribution in [0.25, 0.3) is 0 Å². The molecular weight excluding hydrogens is 430 g/mol. The number of hydrogen-bond acceptors (Lipinski definition) is 3. The Labute approximate surface area is 176 Å².